The van der Waals surface area contributed by atoms with Crippen molar-refractivity contribution in [3.63, 3.8) is 0 Å². The zero-order valence-corrected chi connectivity index (χ0v) is 18.9. The highest BCUT2D eigenvalue weighted by atomic mass is 19.1. The molecule has 1 fully saturated rings. The Hall–Kier alpha value is -3.76. The first-order valence-corrected chi connectivity index (χ1v) is 11.4. The minimum Gasteiger partial charge on any atom is -0.367 e. The third-order valence-corrected chi connectivity index (χ3v) is 6.62. The highest BCUT2D eigenvalue weighted by Crippen LogP contribution is 2.39. The first-order valence-electron chi connectivity index (χ1n) is 11.4. The van der Waals surface area contributed by atoms with Gasteiger partial charge in [0.15, 0.2) is 11.9 Å². The molecule has 2 bridgehead atoms. The van der Waals surface area contributed by atoms with Crippen molar-refractivity contribution in [1.29, 1.82) is 0 Å². The van der Waals surface area contributed by atoms with Crippen molar-refractivity contribution in [1.82, 2.24) is 20.0 Å². The molecule has 1 unspecified atom stereocenters. The molecule has 178 valence electrons. The van der Waals surface area contributed by atoms with Crippen LogP contribution in [0, 0.1) is 5.82 Å². The van der Waals surface area contributed by atoms with Crippen molar-refractivity contribution in [2.75, 3.05) is 36.4 Å². The molecule has 3 aliphatic heterocycles. The van der Waals surface area contributed by atoms with Crippen molar-refractivity contribution in [3.05, 3.63) is 51.1 Å². The van der Waals surface area contributed by atoms with E-state index < -0.39 is 29.1 Å². The lowest BCUT2D eigenvalue weighted by molar-refractivity contribution is -0.133. The van der Waals surface area contributed by atoms with Gasteiger partial charge in [-0.3, -0.25) is 19.2 Å². The number of amides is 2. The molecule has 1 aromatic heterocycles. The molecular formula is C23H25FN6O4. The average molecular weight is 468 g/mol. The summed E-state index contributed by atoms with van der Waals surface area (Å²) in [4.78, 5) is 56.0. The quantitative estimate of drug-likeness (QED) is 0.589. The van der Waals surface area contributed by atoms with E-state index in [2.05, 4.69) is 15.7 Å². The second-order valence-electron chi connectivity index (χ2n) is 8.77. The number of rotatable bonds is 1. The van der Waals surface area contributed by atoms with E-state index in [0.717, 1.165) is 10.7 Å². The van der Waals surface area contributed by atoms with Gasteiger partial charge in [0, 0.05) is 37.8 Å². The maximum absolute atomic E-state index is 13.9. The summed E-state index contributed by atoms with van der Waals surface area (Å²) in [5.41, 5.74) is 0.134. The number of Topliss-reactive ketones (excluding diaryl/α,β-unsaturated/α-hetero) is 1. The predicted molar refractivity (Wildman–Crippen MR) is 122 cm³/mol. The number of hydrogen-bond donors (Lipinski definition) is 2. The van der Waals surface area contributed by atoms with Gasteiger partial charge in [0.1, 0.15) is 11.4 Å². The lowest BCUT2D eigenvalue weighted by Crippen LogP contribution is -2.61. The third-order valence-electron chi connectivity index (χ3n) is 6.62. The van der Waals surface area contributed by atoms with Crippen LogP contribution in [0.1, 0.15) is 46.5 Å². The Balaban J connectivity index is 1.68. The van der Waals surface area contributed by atoms with Crippen LogP contribution in [0.3, 0.4) is 0 Å². The number of carbonyl (C=O) groups is 3. The first-order chi connectivity index (χ1) is 16.3. The van der Waals surface area contributed by atoms with Gasteiger partial charge in [0.2, 0.25) is 5.78 Å². The average Bonchev–Trinajstić information content (AvgIpc) is 3.13. The number of fused-ring (bicyclic) bond motifs is 7. The smallest absolute Gasteiger partial charge is 0.280 e. The van der Waals surface area contributed by atoms with Crippen LogP contribution >= 0.6 is 0 Å². The second kappa shape index (κ2) is 8.23. The summed E-state index contributed by atoms with van der Waals surface area (Å²) in [5, 5.41) is 10.5. The van der Waals surface area contributed by atoms with Crippen molar-refractivity contribution in [2.24, 2.45) is 0 Å². The Morgan fingerprint density at radius 3 is 2.68 bits per heavy atom. The standard InChI is InChI=1S/C23H25FN6O4/c1-3-28-10-12(2)30-17-16(19(31)18(30)23(28)34)22(33)29-11-13-5-6-14(24)9-15(13)21(32)26-8-4-7-25-20(17)27-29/h5-6,9,12,18H,3-4,7-8,10-11H2,1-2H3,(H,25,27)(H,26,32)/t12-,18?/m0/s1. The van der Waals surface area contributed by atoms with Gasteiger partial charge < -0.3 is 20.4 Å². The van der Waals surface area contributed by atoms with E-state index >= 15 is 0 Å². The number of piperazine rings is 1. The monoisotopic (exact) mass is 468 g/mol. The number of anilines is 2. The van der Waals surface area contributed by atoms with Crippen molar-refractivity contribution >= 4 is 29.1 Å². The molecule has 0 saturated carbocycles. The van der Waals surface area contributed by atoms with Crippen molar-refractivity contribution in [3.8, 4) is 0 Å². The van der Waals surface area contributed by atoms with E-state index in [1.54, 1.807) is 9.80 Å². The van der Waals surface area contributed by atoms with Crippen LogP contribution in [0.25, 0.3) is 0 Å². The minimum atomic E-state index is -1.09. The lowest BCUT2D eigenvalue weighted by atomic mass is 10.0. The summed E-state index contributed by atoms with van der Waals surface area (Å²) in [5.74, 6) is -1.55. The predicted octanol–water partition coefficient (Wildman–Crippen LogP) is 0.598. The highest BCUT2D eigenvalue weighted by molar-refractivity contribution is 6.23. The molecule has 0 spiro atoms. The zero-order valence-electron chi connectivity index (χ0n) is 18.9. The van der Waals surface area contributed by atoms with Crippen LogP contribution in [0.5, 0.6) is 0 Å². The summed E-state index contributed by atoms with van der Waals surface area (Å²) in [7, 11) is 0. The van der Waals surface area contributed by atoms with Gasteiger partial charge in [-0.2, -0.15) is 0 Å². The molecule has 34 heavy (non-hydrogen) atoms. The topological polar surface area (TPSA) is 117 Å². The van der Waals surface area contributed by atoms with Crippen LogP contribution in [0.15, 0.2) is 23.0 Å². The van der Waals surface area contributed by atoms with E-state index in [-0.39, 0.29) is 29.6 Å². The summed E-state index contributed by atoms with van der Waals surface area (Å²) < 4.78 is 15.0. The number of nitrogens with one attached hydrogen (secondary N) is 2. The number of likely N-dealkylation sites (N-methyl/N-ethyl adjacent to an activating group) is 1. The number of hydrogen-bond acceptors (Lipinski definition) is 7. The molecule has 2 aromatic rings. The Labute approximate surface area is 194 Å². The fraction of sp³-hybridized carbons (Fsp3) is 0.435. The van der Waals surface area contributed by atoms with Gasteiger partial charge in [-0.25, -0.2) is 9.07 Å². The van der Waals surface area contributed by atoms with Crippen LogP contribution in [-0.4, -0.2) is 70.5 Å². The van der Waals surface area contributed by atoms with Crippen LogP contribution in [-0.2, 0) is 11.3 Å². The molecule has 10 nitrogen and oxygen atoms in total. The molecule has 1 aromatic carbocycles. The van der Waals surface area contributed by atoms with E-state index in [4.69, 9.17) is 0 Å². The van der Waals surface area contributed by atoms with E-state index in [1.807, 2.05) is 13.8 Å². The fourth-order valence-electron chi connectivity index (χ4n) is 4.97. The van der Waals surface area contributed by atoms with Crippen molar-refractivity contribution < 1.29 is 18.8 Å². The molecular weight excluding hydrogens is 443 g/mol. The molecule has 2 N–H and O–H groups in total. The Morgan fingerprint density at radius 2 is 1.91 bits per heavy atom. The molecule has 4 heterocycles. The Bertz CT molecular complexity index is 1270. The molecule has 5 rings (SSSR count). The summed E-state index contributed by atoms with van der Waals surface area (Å²) in [6.45, 7) is 5.29. The van der Waals surface area contributed by atoms with Crippen LogP contribution in [0.4, 0.5) is 15.9 Å². The molecule has 2 atom stereocenters. The normalized spacial score (nSPS) is 22.1. The molecule has 3 aliphatic rings. The number of aromatic nitrogens is 2. The summed E-state index contributed by atoms with van der Waals surface area (Å²) in [6.07, 6.45) is 0.529. The SMILES string of the molecule is CCN1C[C@H](C)N2c3c4nn(c(=O)c3C(=O)C2C1=O)Cc1ccc(F)cc1C(=O)NCCCN4. The second-order valence-corrected chi connectivity index (χ2v) is 8.77. The van der Waals surface area contributed by atoms with E-state index in [0.29, 0.717) is 49.7 Å². The molecule has 11 heteroatoms. The van der Waals surface area contributed by atoms with E-state index in [1.165, 1.54) is 12.1 Å². The van der Waals surface area contributed by atoms with Gasteiger partial charge in [-0.05, 0) is 38.0 Å². The minimum absolute atomic E-state index is 0.0779. The Kier molecular flexibility index (Phi) is 5.34. The maximum atomic E-state index is 13.9. The lowest BCUT2D eigenvalue weighted by Gasteiger charge is -2.42. The van der Waals surface area contributed by atoms with Gasteiger partial charge >= 0.3 is 0 Å². The first kappa shape index (κ1) is 22.1. The van der Waals surface area contributed by atoms with Gasteiger partial charge in [0.25, 0.3) is 17.4 Å². The van der Waals surface area contributed by atoms with Gasteiger partial charge in [-0.1, -0.05) is 6.07 Å². The summed E-state index contributed by atoms with van der Waals surface area (Å²) >= 11 is 0. The number of ketones is 1. The van der Waals surface area contributed by atoms with Crippen LogP contribution in [0.2, 0.25) is 0 Å². The third kappa shape index (κ3) is 3.34. The molecule has 0 aliphatic carbocycles. The number of carbonyl (C=O) groups excluding carboxylic acids is 3. The molecule has 2 amide bonds. The largest absolute Gasteiger partial charge is 0.367 e. The fourth-order valence-corrected chi connectivity index (χ4v) is 4.97. The van der Waals surface area contributed by atoms with Crippen LogP contribution < -0.4 is 21.1 Å². The zero-order chi connectivity index (χ0) is 24.1. The maximum Gasteiger partial charge on any atom is 0.280 e. The molecule has 1 saturated heterocycles. The Morgan fingerprint density at radius 1 is 1.15 bits per heavy atom. The van der Waals surface area contributed by atoms with Crippen molar-refractivity contribution in [2.45, 2.75) is 38.9 Å². The number of halogens is 1. The van der Waals surface area contributed by atoms with E-state index in [9.17, 15) is 23.6 Å². The van der Waals surface area contributed by atoms with Gasteiger partial charge in [0.05, 0.1) is 12.2 Å². The highest BCUT2D eigenvalue weighted by Gasteiger charge is 2.52. The molecule has 0 radical (unpaired) electrons. The van der Waals surface area contributed by atoms with Gasteiger partial charge in [-0.15, -0.1) is 5.10 Å². The summed E-state index contributed by atoms with van der Waals surface area (Å²) in [6, 6.07) is 2.48. The number of nitrogens with zero attached hydrogens (tertiary/aromatic N) is 4. The number of benzene rings is 1.